The van der Waals surface area contributed by atoms with Crippen LogP contribution in [0.2, 0.25) is 0 Å². The van der Waals surface area contributed by atoms with Crippen LogP contribution in [0, 0.1) is 0 Å². The monoisotopic (exact) mass is 448 g/mol. The number of hydrogen-bond donors (Lipinski definition) is 2. The smallest absolute Gasteiger partial charge is 0.232 e. The predicted molar refractivity (Wildman–Crippen MR) is 126 cm³/mol. The zero-order valence-electron chi connectivity index (χ0n) is 18.1. The van der Waals surface area contributed by atoms with Crippen molar-refractivity contribution in [1.82, 2.24) is 29.7 Å². The van der Waals surface area contributed by atoms with Crippen LogP contribution in [0.5, 0.6) is 5.75 Å². The topological polar surface area (TPSA) is 117 Å². The van der Waals surface area contributed by atoms with Crippen molar-refractivity contribution < 1.29 is 4.74 Å². The summed E-state index contributed by atoms with van der Waals surface area (Å²) in [6.45, 7) is 2.10. The number of nitrogen functional groups attached to an aromatic ring is 1. The molecule has 2 heterocycles. The summed E-state index contributed by atoms with van der Waals surface area (Å²) in [7, 11) is 3.56. The van der Waals surface area contributed by atoms with Crippen molar-refractivity contribution in [2.45, 2.75) is 24.3 Å². The molecule has 0 saturated heterocycles. The van der Waals surface area contributed by atoms with E-state index in [0.717, 1.165) is 34.4 Å². The van der Waals surface area contributed by atoms with Crippen LogP contribution in [-0.2, 0) is 19.2 Å². The van der Waals surface area contributed by atoms with Crippen molar-refractivity contribution in [1.29, 1.82) is 0 Å². The van der Waals surface area contributed by atoms with Crippen LogP contribution in [-0.4, -0.2) is 36.8 Å². The fraction of sp³-hybridized carbons (Fsp3) is 0.227. The van der Waals surface area contributed by atoms with Gasteiger partial charge in [0.15, 0.2) is 11.0 Å². The number of anilines is 3. The Morgan fingerprint density at radius 2 is 1.91 bits per heavy atom. The second kappa shape index (κ2) is 9.65. The highest BCUT2D eigenvalue weighted by Crippen LogP contribution is 2.27. The molecule has 2 aromatic carbocycles. The highest BCUT2D eigenvalue weighted by atomic mass is 32.2. The Morgan fingerprint density at radius 3 is 2.72 bits per heavy atom. The number of benzene rings is 2. The van der Waals surface area contributed by atoms with Crippen molar-refractivity contribution in [3.8, 4) is 17.1 Å². The number of hydrogen-bond acceptors (Lipinski definition) is 9. The van der Waals surface area contributed by atoms with E-state index in [4.69, 9.17) is 10.5 Å². The molecule has 0 bridgehead atoms. The molecule has 4 aromatic rings. The summed E-state index contributed by atoms with van der Waals surface area (Å²) in [6, 6.07) is 15.8. The van der Waals surface area contributed by atoms with Gasteiger partial charge in [-0.1, -0.05) is 49.0 Å². The molecule has 0 fully saturated rings. The van der Waals surface area contributed by atoms with Gasteiger partial charge in [-0.3, -0.25) is 0 Å². The maximum atomic E-state index is 5.93. The van der Waals surface area contributed by atoms with Crippen LogP contribution in [0.3, 0.4) is 0 Å². The normalized spacial score (nSPS) is 10.8. The summed E-state index contributed by atoms with van der Waals surface area (Å²) in [4.78, 5) is 13.0. The zero-order valence-corrected chi connectivity index (χ0v) is 18.9. The lowest BCUT2D eigenvalue weighted by molar-refractivity contribution is 0.415. The first-order valence-corrected chi connectivity index (χ1v) is 11.1. The van der Waals surface area contributed by atoms with Gasteiger partial charge in [0.1, 0.15) is 11.6 Å². The van der Waals surface area contributed by atoms with Crippen LogP contribution >= 0.6 is 11.8 Å². The predicted octanol–water partition coefficient (Wildman–Crippen LogP) is 3.86. The number of nitrogens with zero attached hydrogens (tertiary/aromatic N) is 6. The molecule has 0 spiro atoms. The quantitative estimate of drug-likeness (QED) is 0.388. The summed E-state index contributed by atoms with van der Waals surface area (Å²) >= 11 is 1.48. The molecule has 3 N–H and O–H groups in total. The van der Waals surface area contributed by atoms with Gasteiger partial charge in [0.25, 0.3) is 0 Å². The Morgan fingerprint density at radius 1 is 1.06 bits per heavy atom. The minimum absolute atomic E-state index is 0.169. The van der Waals surface area contributed by atoms with Crippen molar-refractivity contribution >= 4 is 29.3 Å². The summed E-state index contributed by atoms with van der Waals surface area (Å²) in [5.41, 5.74) is 8.99. The van der Waals surface area contributed by atoms with E-state index in [-0.39, 0.29) is 5.95 Å². The molecular formula is C22H24N8OS. The molecule has 164 valence electrons. The first kappa shape index (κ1) is 21.6. The highest BCUT2D eigenvalue weighted by Gasteiger charge is 2.14. The molecule has 0 unspecified atom stereocenters. The van der Waals surface area contributed by atoms with E-state index >= 15 is 0 Å². The Labute approximate surface area is 190 Å². The lowest BCUT2D eigenvalue weighted by atomic mass is 10.1. The molecule has 32 heavy (non-hydrogen) atoms. The fourth-order valence-corrected chi connectivity index (χ4v) is 3.98. The van der Waals surface area contributed by atoms with Crippen molar-refractivity contribution in [2.75, 3.05) is 18.2 Å². The Hall–Kier alpha value is -3.66. The van der Waals surface area contributed by atoms with Gasteiger partial charge in [-0.25, -0.2) is 0 Å². The number of thioether (sulfide) groups is 1. The van der Waals surface area contributed by atoms with E-state index < -0.39 is 0 Å². The average molecular weight is 449 g/mol. The summed E-state index contributed by atoms with van der Waals surface area (Å²) in [5.74, 6) is 3.14. The average Bonchev–Trinajstić information content (AvgIpc) is 3.18. The van der Waals surface area contributed by atoms with Gasteiger partial charge in [-0.2, -0.15) is 15.0 Å². The largest absolute Gasteiger partial charge is 0.497 e. The molecule has 10 heteroatoms. The maximum absolute atomic E-state index is 5.93. The van der Waals surface area contributed by atoms with Gasteiger partial charge in [0, 0.05) is 18.3 Å². The number of rotatable bonds is 8. The van der Waals surface area contributed by atoms with Crippen LogP contribution in [0.4, 0.5) is 17.6 Å². The third-order valence-corrected chi connectivity index (χ3v) is 5.85. The number of aromatic nitrogens is 6. The number of nitrogens with two attached hydrogens (primary N) is 1. The van der Waals surface area contributed by atoms with Gasteiger partial charge in [-0.15, -0.1) is 10.2 Å². The Balaban J connectivity index is 1.50. The van der Waals surface area contributed by atoms with Crippen LogP contribution < -0.4 is 15.8 Å². The van der Waals surface area contributed by atoms with E-state index in [9.17, 15) is 0 Å². The molecule has 9 nitrogen and oxygen atoms in total. The van der Waals surface area contributed by atoms with Crippen molar-refractivity contribution in [3.63, 3.8) is 0 Å². The molecule has 2 aromatic heterocycles. The molecule has 0 amide bonds. The molecule has 0 atom stereocenters. The minimum Gasteiger partial charge on any atom is -0.497 e. The molecular weight excluding hydrogens is 424 g/mol. The molecule has 4 rings (SSSR count). The van der Waals surface area contributed by atoms with E-state index in [1.54, 1.807) is 7.11 Å². The standard InChI is InChI=1S/C22H24N8OS/c1-4-14-8-5-6-11-17(14)24-21-26-18(25-20(23)27-21)13-32-22-29-28-19(30(22)2)15-9-7-10-16(12-15)31-3/h5-12H,4,13H2,1-3H3,(H3,23,24,25,26,27). The first-order chi connectivity index (χ1) is 15.6. The summed E-state index contributed by atoms with van der Waals surface area (Å²) < 4.78 is 7.24. The lowest BCUT2D eigenvalue weighted by Crippen LogP contribution is -2.07. The van der Waals surface area contributed by atoms with Gasteiger partial charge in [0.2, 0.25) is 11.9 Å². The van der Waals surface area contributed by atoms with E-state index in [1.165, 1.54) is 17.3 Å². The second-order valence-corrected chi connectivity index (χ2v) is 7.90. The van der Waals surface area contributed by atoms with E-state index in [0.29, 0.717) is 17.5 Å². The van der Waals surface area contributed by atoms with Crippen LogP contribution in [0.1, 0.15) is 18.3 Å². The third-order valence-electron chi connectivity index (χ3n) is 4.84. The number of aryl methyl sites for hydroxylation is 1. The first-order valence-electron chi connectivity index (χ1n) is 10.1. The zero-order chi connectivity index (χ0) is 22.5. The van der Waals surface area contributed by atoms with Gasteiger partial charge in [-0.05, 0) is 30.2 Å². The van der Waals surface area contributed by atoms with Crippen molar-refractivity contribution in [2.24, 2.45) is 7.05 Å². The molecule has 0 aliphatic carbocycles. The molecule has 0 radical (unpaired) electrons. The Bertz CT molecular complexity index is 1230. The number of nitrogens with one attached hydrogen (secondary N) is 1. The summed E-state index contributed by atoms with van der Waals surface area (Å²) in [6.07, 6.45) is 0.897. The Kier molecular flexibility index (Phi) is 6.50. The van der Waals surface area contributed by atoms with Gasteiger partial charge < -0.3 is 20.4 Å². The van der Waals surface area contributed by atoms with E-state index in [2.05, 4.69) is 43.5 Å². The van der Waals surface area contributed by atoms with Crippen LogP contribution in [0.15, 0.2) is 53.7 Å². The van der Waals surface area contributed by atoms with Gasteiger partial charge >= 0.3 is 0 Å². The minimum atomic E-state index is 0.169. The molecule has 0 saturated carbocycles. The summed E-state index contributed by atoms with van der Waals surface area (Å²) in [5, 5.41) is 12.6. The molecule has 0 aliphatic rings. The van der Waals surface area contributed by atoms with Crippen LogP contribution in [0.25, 0.3) is 11.4 Å². The maximum Gasteiger partial charge on any atom is 0.232 e. The highest BCUT2D eigenvalue weighted by molar-refractivity contribution is 7.98. The SMILES string of the molecule is CCc1ccccc1Nc1nc(N)nc(CSc2nnc(-c3cccc(OC)c3)n2C)n1. The number of methoxy groups -OCH3 is 1. The van der Waals surface area contributed by atoms with Crippen molar-refractivity contribution in [3.05, 3.63) is 59.9 Å². The number of ether oxygens (including phenoxy) is 1. The third kappa shape index (κ3) is 4.80. The molecule has 0 aliphatic heterocycles. The second-order valence-electron chi connectivity index (χ2n) is 6.95. The van der Waals surface area contributed by atoms with E-state index in [1.807, 2.05) is 54.1 Å². The fourth-order valence-electron chi connectivity index (χ4n) is 3.21. The van der Waals surface area contributed by atoms with Gasteiger partial charge in [0.05, 0.1) is 12.9 Å². The number of para-hydroxylation sites is 1. The lowest BCUT2D eigenvalue weighted by Gasteiger charge is -2.10.